The van der Waals surface area contributed by atoms with Gasteiger partial charge in [0.25, 0.3) is 0 Å². The Bertz CT molecular complexity index is 686. The summed E-state index contributed by atoms with van der Waals surface area (Å²) < 4.78 is 0. The van der Waals surface area contributed by atoms with E-state index in [4.69, 9.17) is 4.99 Å². The van der Waals surface area contributed by atoms with E-state index in [1.807, 2.05) is 23.9 Å². The van der Waals surface area contributed by atoms with Gasteiger partial charge in [0, 0.05) is 24.4 Å². The molecule has 0 bridgehead atoms. The first-order valence-corrected chi connectivity index (χ1v) is 12.3. The van der Waals surface area contributed by atoms with E-state index in [2.05, 4.69) is 43.2 Å². The number of carbonyl (C=O) groups is 1. The van der Waals surface area contributed by atoms with Crippen molar-refractivity contribution in [3.8, 4) is 0 Å². The van der Waals surface area contributed by atoms with Crippen LogP contribution in [0.15, 0.2) is 29.3 Å². The van der Waals surface area contributed by atoms with Crippen LogP contribution in [0.3, 0.4) is 0 Å². The lowest BCUT2D eigenvalue weighted by atomic mass is 10.1. The molecule has 1 aliphatic heterocycles. The van der Waals surface area contributed by atoms with E-state index in [1.54, 1.807) is 0 Å². The lowest BCUT2D eigenvalue weighted by molar-refractivity contribution is -0.117. The number of halogens is 1. The molecular formula is C24H38ClN3OS. The number of amidine groups is 1. The van der Waals surface area contributed by atoms with E-state index >= 15 is 0 Å². The lowest BCUT2D eigenvalue weighted by Gasteiger charge is -2.23. The zero-order valence-corrected chi connectivity index (χ0v) is 20.4. The monoisotopic (exact) mass is 451 g/mol. The van der Waals surface area contributed by atoms with Crippen molar-refractivity contribution in [2.45, 2.75) is 95.4 Å². The number of thioether (sulfide) groups is 1. The molecule has 1 saturated heterocycles. The van der Waals surface area contributed by atoms with Crippen LogP contribution < -0.4 is 5.32 Å². The molecule has 0 spiro atoms. The Labute approximate surface area is 193 Å². The van der Waals surface area contributed by atoms with Gasteiger partial charge in [0.2, 0.25) is 5.91 Å². The number of hydrogen-bond donors (Lipinski definition) is 1. The van der Waals surface area contributed by atoms with Gasteiger partial charge < -0.3 is 10.2 Å². The Kier molecular flexibility index (Phi) is 10.5. The largest absolute Gasteiger partial charge is 0.350 e. The Morgan fingerprint density at radius 3 is 2.47 bits per heavy atom. The SMILES string of the molecule is CCCCc1ccc(NC(=O)CC2C(C)S/C(=N\C3CCCCCC3)N2C)cc1.Cl. The predicted octanol–water partition coefficient (Wildman–Crippen LogP) is 6.29. The van der Waals surface area contributed by atoms with Gasteiger partial charge in [-0.15, -0.1) is 12.4 Å². The van der Waals surface area contributed by atoms with Gasteiger partial charge >= 0.3 is 0 Å². The number of nitrogens with zero attached hydrogens (tertiary/aromatic N) is 2. The van der Waals surface area contributed by atoms with Crippen molar-refractivity contribution in [3.63, 3.8) is 0 Å². The summed E-state index contributed by atoms with van der Waals surface area (Å²) in [4.78, 5) is 20.0. The number of carbonyl (C=O) groups excluding carboxylic acids is 1. The molecule has 1 aromatic rings. The third kappa shape index (κ3) is 7.19. The van der Waals surface area contributed by atoms with E-state index in [9.17, 15) is 4.79 Å². The van der Waals surface area contributed by atoms with Crippen molar-refractivity contribution in [1.29, 1.82) is 0 Å². The molecule has 0 radical (unpaired) electrons. The van der Waals surface area contributed by atoms with Gasteiger partial charge in [-0.05, 0) is 43.4 Å². The van der Waals surface area contributed by atoms with Crippen LogP contribution in [0.1, 0.15) is 77.2 Å². The van der Waals surface area contributed by atoms with Crippen molar-refractivity contribution in [2.24, 2.45) is 4.99 Å². The highest BCUT2D eigenvalue weighted by Gasteiger charge is 2.35. The molecule has 1 heterocycles. The van der Waals surface area contributed by atoms with E-state index < -0.39 is 0 Å². The Balaban J connectivity index is 0.00000320. The maximum Gasteiger partial charge on any atom is 0.226 e. The molecule has 1 aromatic carbocycles. The van der Waals surface area contributed by atoms with Crippen LogP contribution in [0.25, 0.3) is 0 Å². The normalized spacial score (nSPS) is 23.8. The molecule has 1 N–H and O–H groups in total. The quantitative estimate of drug-likeness (QED) is 0.495. The van der Waals surface area contributed by atoms with Gasteiger partial charge in [-0.3, -0.25) is 9.79 Å². The number of rotatable bonds is 7. The molecule has 2 unspecified atom stereocenters. The summed E-state index contributed by atoms with van der Waals surface area (Å²) in [5.74, 6) is 0.0892. The molecule has 2 aliphatic rings. The molecule has 1 saturated carbocycles. The molecule has 4 nitrogen and oxygen atoms in total. The summed E-state index contributed by atoms with van der Waals surface area (Å²) in [7, 11) is 2.10. The van der Waals surface area contributed by atoms with E-state index in [1.165, 1.54) is 56.9 Å². The first-order chi connectivity index (χ1) is 14.1. The fraction of sp³-hybridized carbons (Fsp3) is 0.667. The van der Waals surface area contributed by atoms with Crippen molar-refractivity contribution in [3.05, 3.63) is 29.8 Å². The first kappa shape index (κ1) is 25.1. The second kappa shape index (κ2) is 12.6. The second-order valence-corrected chi connectivity index (χ2v) is 9.96. The molecule has 2 atom stereocenters. The van der Waals surface area contributed by atoms with E-state index in [0.29, 0.717) is 17.7 Å². The fourth-order valence-electron chi connectivity index (χ4n) is 4.29. The van der Waals surface area contributed by atoms with Crippen LogP contribution in [0.2, 0.25) is 0 Å². The Morgan fingerprint density at radius 1 is 1.17 bits per heavy atom. The minimum absolute atomic E-state index is 0. The number of amides is 1. The molecule has 1 amide bonds. The van der Waals surface area contributed by atoms with E-state index in [0.717, 1.165) is 17.3 Å². The predicted molar refractivity (Wildman–Crippen MR) is 133 cm³/mol. The van der Waals surface area contributed by atoms with Gasteiger partial charge in [0.15, 0.2) is 5.17 Å². The number of nitrogens with one attached hydrogen (secondary N) is 1. The van der Waals surface area contributed by atoms with Crippen molar-refractivity contribution >= 4 is 40.9 Å². The summed E-state index contributed by atoms with van der Waals surface area (Å²) in [5.41, 5.74) is 2.23. The highest BCUT2D eigenvalue weighted by molar-refractivity contribution is 8.14. The zero-order chi connectivity index (χ0) is 20.6. The lowest BCUT2D eigenvalue weighted by Crippen LogP contribution is -2.36. The first-order valence-electron chi connectivity index (χ1n) is 11.4. The number of anilines is 1. The molecule has 3 rings (SSSR count). The van der Waals surface area contributed by atoms with Crippen molar-refractivity contribution in [1.82, 2.24) is 4.90 Å². The topological polar surface area (TPSA) is 44.7 Å². The number of aryl methyl sites for hydroxylation is 1. The summed E-state index contributed by atoms with van der Waals surface area (Å²) >= 11 is 1.84. The van der Waals surface area contributed by atoms with Crippen LogP contribution in [0.4, 0.5) is 5.69 Å². The second-order valence-electron chi connectivity index (χ2n) is 8.61. The molecule has 6 heteroatoms. The van der Waals surface area contributed by atoms with Crippen LogP contribution >= 0.6 is 24.2 Å². The third-order valence-corrected chi connectivity index (χ3v) is 7.49. The van der Waals surface area contributed by atoms with Crippen molar-refractivity contribution in [2.75, 3.05) is 12.4 Å². The highest BCUT2D eigenvalue weighted by Crippen LogP contribution is 2.33. The minimum atomic E-state index is 0. The Hall–Kier alpha value is -1.20. The molecule has 168 valence electrons. The van der Waals surface area contributed by atoms with Gasteiger partial charge in [0.1, 0.15) is 0 Å². The van der Waals surface area contributed by atoms with Gasteiger partial charge in [-0.25, -0.2) is 0 Å². The van der Waals surface area contributed by atoms with Gasteiger partial charge in [-0.2, -0.15) is 0 Å². The van der Waals surface area contributed by atoms with Crippen LogP contribution in [0.5, 0.6) is 0 Å². The van der Waals surface area contributed by atoms with Crippen molar-refractivity contribution < 1.29 is 4.79 Å². The average Bonchev–Trinajstić information content (AvgIpc) is 2.89. The average molecular weight is 452 g/mol. The number of hydrogen-bond acceptors (Lipinski definition) is 3. The standard InChI is InChI=1S/C24H37N3OS.ClH/c1-4-5-10-19-13-15-21(16-14-19)25-23(28)17-22-18(2)29-24(27(22)3)26-20-11-8-6-7-9-12-20;/h13-16,18,20,22H,4-12,17H2,1-3H3,(H,25,28);1H/b26-24-;. The van der Waals surface area contributed by atoms with Gasteiger partial charge in [-0.1, -0.05) is 69.8 Å². The maximum absolute atomic E-state index is 12.7. The molecule has 30 heavy (non-hydrogen) atoms. The minimum Gasteiger partial charge on any atom is -0.350 e. The summed E-state index contributed by atoms with van der Waals surface area (Å²) in [6.07, 6.45) is 11.8. The molecular weight excluding hydrogens is 414 g/mol. The van der Waals surface area contributed by atoms with E-state index in [-0.39, 0.29) is 24.4 Å². The Morgan fingerprint density at radius 2 is 1.83 bits per heavy atom. The summed E-state index contributed by atoms with van der Waals surface area (Å²) in [5, 5.41) is 4.59. The summed E-state index contributed by atoms with van der Waals surface area (Å²) in [6.45, 7) is 4.43. The number of aliphatic imine (C=N–C) groups is 1. The zero-order valence-electron chi connectivity index (χ0n) is 18.7. The van der Waals surface area contributed by atoms with Crippen LogP contribution in [0, 0.1) is 0 Å². The fourth-order valence-corrected chi connectivity index (χ4v) is 5.57. The van der Waals surface area contributed by atoms with Crippen LogP contribution in [-0.2, 0) is 11.2 Å². The number of benzene rings is 1. The van der Waals surface area contributed by atoms with Gasteiger partial charge in [0.05, 0.1) is 12.1 Å². The number of unbranched alkanes of at least 4 members (excludes halogenated alkanes) is 1. The summed E-state index contributed by atoms with van der Waals surface area (Å²) in [6, 6.07) is 8.98. The molecule has 2 fully saturated rings. The molecule has 0 aromatic heterocycles. The highest BCUT2D eigenvalue weighted by atomic mass is 35.5. The smallest absolute Gasteiger partial charge is 0.226 e. The maximum atomic E-state index is 12.7. The van der Waals surface area contributed by atoms with Crippen LogP contribution in [-0.4, -0.2) is 40.4 Å². The molecule has 1 aliphatic carbocycles. The third-order valence-electron chi connectivity index (χ3n) is 6.20.